The fraction of sp³-hybridized carbons (Fsp3) is 0.429. The first-order chi connectivity index (χ1) is 8.76. The highest BCUT2D eigenvalue weighted by Gasteiger charge is 2.11. The molecule has 18 heavy (non-hydrogen) atoms. The van der Waals surface area contributed by atoms with E-state index in [1.165, 1.54) is 11.8 Å². The van der Waals surface area contributed by atoms with Crippen LogP contribution in [-0.2, 0) is 6.42 Å². The van der Waals surface area contributed by atoms with Gasteiger partial charge < -0.3 is 14.8 Å². The Morgan fingerprint density at radius 1 is 1.28 bits per heavy atom. The van der Waals surface area contributed by atoms with Crippen LogP contribution < -0.4 is 14.8 Å². The minimum atomic E-state index is 0.797. The molecule has 1 N–H and O–H groups in total. The van der Waals surface area contributed by atoms with Gasteiger partial charge in [0.15, 0.2) is 0 Å². The molecule has 0 aliphatic carbocycles. The van der Waals surface area contributed by atoms with Crippen LogP contribution in [0.4, 0.5) is 0 Å². The summed E-state index contributed by atoms with van der Waals surface area (Å²) in [6.45, 7) is 3.96. The average molecular weight is 265 g/mol. The first-order valence-electron chi connectivity index (χ1n) is 5.84. The fourth-order valence-corrected chi connectivity index (χ4v) is 2.21. The lowest BCUT2D eigenvalue weighted by atomic mass is 10.1. The summed E-state index contributed by atoms with van der Waals surface area (Å²) in [6, 6.07) is 3.93. The molecular weight excluding hydrogens is 246 g/mol. The molecule has 0 saturated heterocycles. The van der Waals surface area contributed by atoms with Crippen molar-refractivity contribution >= 4 is 11.8 Å². The summed E-state index contributed by atoms with van der Waals surface area (Å²) < 4.78 is 10.7. The third-order valence-electron chi connectivity index (χ3n) is 2.56. The predicted molar refractivity (Wildman–Crippen MR) is 76.5 cm³/mol. The monoisotopic (exact) mass is 265 g/mol. The van der Waals surface area contributed by atoms with Crippen molar-refractivity contribution in [3.63, 3.8) is 0 Å². The van der Waals surface area contributed by atoms with Crippen LogP contribution in [0.3, 0.4) is 0 Å². The molecule has 0 atom stereocenters. The summed E-state index contributed by atoms with van der Waals surface area (Å²) in [7, 11) is 3.32. The van der Waals surface area contributed by atoms with Crippen molar-refractivity contribution in [2.45, 2.75) is 18.2 Å². The van der Waals surface area contributed by atoms with Crippen LogP contribution in [0.25, 0.3) is 0 Å². The highest BCUT2D eigenvalue weighted by Crippen LogP contribution is 2.35. The van der Waals surface area contributed by atoms with Gasteiger partial charge in [-0.2, -0.15) is 0 Å². The Morgan fingerprint density at radius 3 is 2.56 bits per heavy atom. The maximum absolute atomic E-state index is 5.40. The Hall–Kier alpha value is -1.31. The van der Waals surface area contributed by atoms with Gasteiger partial charge in [-0.25, -0.2) is 0 Å². The van der Waals surface area contributed by atoms with Crippen molar-refractivity contribution in [1.29, 1.82) is 0 Å². The minimum absolute atomic E-state index is 0.797. The fourth-order valence-electron chi connectivity index (χ4n) is 1.67. The Morgan fingerprint density at radius 2 is 2.00 bits per heavy atom. The predicted octanol–water partition coefficient (Wildman–Crippen LogP) is 2.54. The van der Waals surface area contributed by atoms with E-state index in [0.29, 0.717) is 0 Å². The van der Waals surface area contributed by atoms with Gasteiger partial charge in [0.25, 0.3) is 0 Å². The standard InChI is InChI=1S/C14H19NO2S/c1-5-15-8-7-11-9-13(17-4)14(18-6-2)10-12(11)16-3/h2,9-10,15H,5,7-8H2,1,3-4H3. The summed E-state index contributed by atoms with van der Waals surface area (Å²) in [6.07, 6.45) is 6.22. The lowest BCUT2D eigenvalue weighted by Crippen LogP contribution is -2.16. The molecule has 4 heteroatoms. The summed E-state index contributed by atoms with van der Waals surface area (Å²) >= 11 is 1.30. The number of nitrogens with one attached hydrogen (secondary N) is 1. The van der Waals surface area contributed by atoms with Crippen LogP contribution in [0, 0.1) is 11.7 Å². The third-order valence-corrected chi connectivity index (χ3v) is 3.21. The Bertz CT molecular complexity index is 427. The van der Waals surface area contributed by atoms with Crippen molar-refractivity contribution in [2.24, 2.45) is 0 Å². The molecule has 0 bridgehead atoms. The lowest BCUT2D eigenvalue weighted by Gasteiger charge is -2.13. The molecule has 0 unspecified atom stereocenters. The number of hydrogen-bond donors (Lipinski definition) is 1. The first kappa shape index (κ1) is 14.7. The molecule has 0 saturated carbocycles. The first-order valence-corrected chi connectivity index (χ1v) is 6.66. The number of terminal acetylenes is 1. The van der Waals surface area contributed by atoms with Gasteiger partial charge in [-0.3, -0.25) is 0 Å². The molecule has 98 valence electrons. The van der Waals surface area contributed by atoms with Crippen LogP contribution in [0.2, 0.25) is 0 Å². The van der Waals surface area contributed by atoms with Gasteiger partial charge in [0.05, 0.1) is 19.1 Å². The highest BCUT2D eigenvalue weighted by molar-refractivity contribution is 8.04. The van der Waals surface area contributed by atoms with Gasteiger partial charge >= 0.3 is 0 Å². The number of thioether (sulfide) groups is 1. The molecule has 1 aromatic rings. The molecule has 1 aromatic carbocycles. The van der Waals surface area contributed by atoms with Crippen LogP contribution in [0.5, 0.6) is 11.5 Å². The Balaban J connectivity index is 2.98. The second-order valence-electron chi connectivity index (χ2n) is 3.64. The molecule has 0 radical (unpaired) electrons. The Kier molecular flexibility index (Phi) is 6.48. The summed E-state index contributed by atoms with van der Waals surface area (Å²) in [4.78, 5) is 0.907. The van der Waals surface area contributed by atoms with Gasteiger partial charge in [0.2, 0.25) is 0 Å². The molecule has 0 aliphatic rings. The molecule has 0 fully saturated rings. The Labute approximate surface area is 113 Å². The lowest BCUT2D eigenvalue weighted by molar-refractivity contribution is 0.390. The number of benzene rings is 1. The summed E-state index contributed by atoms with van der Waals surface area (Å²) in [5.41, 5.74) is 1.12. The van der Waals surface area contributed by atoms with Crippen molar-refractivity contribution in [1.82, 2.24) is 5.32 Å². The van der Waals surface area contributed by atoms with E-state index in [4.69, 9.17) is 15.9 Å². The van der Waals surface area contributed by atoms with Crippen LogP contribution in [-0.4, -0.2) is 27.3 Å². The SMILES string of the molecule is C#CSc1cc(OC)c(CCNCC)cc1OC. The second kappa shape index (κ2) is 7.91. The number of rotatable bonds is 7. The molecule has 3 nitrogen and oxygen atoms in total. The van der Waals surface area contributed by atoms with Crippen molar-refractivity contribution in [3.05, 3.63) is 17.7 Å². The maximum atomic E-state index is 5.40. The van der Waals surface area contributed by atoms with Crippen LogP contribution in [0.1, 0.15) is 12.5 Å². The van der Waals surface area contributed by atoms with Gasteiger partial charge in [-0.05, 0) is 54.2 Å². The summed E-state index contributed by atoms with van der Waals surface area (Å²) in [5, 5.41) is 5.84. The normalized spacial score (nSPS) is 9.89. The molecule has 1 rings (SSSR count). The molecular formula is C14H19NO2S. The number of hydrogen-bond acceptors (Lipinski definition) is 4. The third kappa shape index (κ3) is 3.86. The van der Waals surface area contributed by atoms with E-state index >= 15 is 0 Å². The van der Waals surface area contributed by atoms with Gasteiger partial charge in [-0.15, -0.1) is 6.42 Å². The van der Waals surface area contributed by atoms with E-state index < -0.39 is 0 Å². The molecule has 0 amide bonds. The van der Waals surface area contributed by atoms with Gasteiger partial charge in [0, 0.05) is 0 Å². The molecule has 0 aliphatic heterocycles. The van der Waals surface area contributed by atoms with Crippen molar-refractivity contribution < 1.29 is 9.47 Å². The quantitative estimate of drug-likeness (QED) is 0.466. The van der Waals surface area contributed by atoms with E-state index in [1.54, 1.807) is 14.2 Å². The van der Waals surface area contributed by atoms with Crippen molar-refractivity contribution in [2.75, 3.05) is 27.3 Å². The maximum Gasteiger partial charge on any atom is 0.133 e. The zero-order valence-electron chi connectivity index (χ0n) is 11.1. The minimum Gasteiger partial charge on any atom is -0.496 e. The number of ether oxygens (including phenoxy) is 2. The van der Waals surface area contributed by atoms with E-state index in [1.807, 2.05) is 12.1 Å². The smallest absolute Gasteiger partial charge is 0.133 e. The summed E-state index contributed by atoms with van der Waals surface area (Å²) in [5.74, 6) is 1.65. The average Bonchev–Trinajstić information content (AvgIpc) is 2.40. The highest BCUT2D eigenvalue weighted by atomic mass is 32.2. The van der Waals surface area contributed by atoms with Crippen molar-refractivity contribution in [3.8, 4) is 23.2 Å². The molecule has 0 aromatic heterocycles. The largest absolute Gasteiger partial charge is 0.496 e. The van der Waals surface area contributed by atoms with Crippen LogP contribution >= 0.6 is 11.8 Å². The zero-order chi connectivity index (χ0) is 13.4. The number of methoxy groups -OCH3 is 2. The van der Waals surface area contributed by atoms with E-state index in [9.17, 15) is 0 Å². The van der Waals surface area contributed by atoms with E-state index in [-0.39, 0.29) is 0 Å². The van der Waals surface area contributed by atoms with Gasteiger partial charge in [-0.1, -0.05) is 6.92 Å². The van der Waals surface area contributed by atoms with E-state index in [0.717, 1.165) is 41.5 Å². The van der Waals surface area contributed by atoms with E-state index in [2.05, 4.69) is 17.5 Å². The molecule has 0 heterocycles. The van der Waals surface area contributed by atoms with Gasteiger partial charge in [0.1, 0.15) is 11.5 Å². The second-order valence-corrected chi connectivity index (χ2v) is 4.52. The topological polar surface area (TPSA) is 30.5 Å². The zero-order valence-corrected chi connectivity index (χ0v) is 11.9. The van der Waals surface area contributed by atoms with Crippen LogP contribution in [0.15, 0.2) is 17.0 Å². The number of likely N-dealkylation sites (N-methyl/N-ethyl adjacent to an activating group) is 1. The molecule has 0 spiro atoms.